The predicted octanol–water partition coefficient (Wildman–Crippen LogP) is 2.74. The van der Waals surface area contributed by atoms with Crippen LogP contribution in [-0.4, -0.2) is 39.0 Å². The van der Waals surface area contributed by atoms with Gasteiger partial charge in [0.25, 0.3) is 0 Å². The van der Waals surface area contributed by atoms with E-state index in [1.807, 2.05) is 18.2 Å². The monoisotopic (exact) mass is 268 g/mol. The van der Waals surface area contributed by atoms with E-state index in [1.54, 1.807) is 0 Å². The highest BCUT2D eigenvalue weighted by molar-refractivity contribution is 5.57. The van der Waals surface area contributed by atoms with Gasteiger partial charge in [0.05, 0.1) is 12.2 Å². The molecule has 1 aromatic heterocycles. The molecular weight excluding hydrogens is 248 g/mol. The zero-order valence-corrected chi connectivity index (χ0v) is 11.8. The summed E-state index contributed by atoms with van der Waals surface area (Å²) in [6.45, 7) is 0. The molecule has 0 radical (unpaired) electrons. The molecule has 0 amide bonds. The van der Waals surface area contributed by atoms with Crippen LogP contribution in [0, 0.1) is 0 Å². The van der Waals surface area contributed by atoms with E-state index < -0.39 is 0 Å². The van der Waals surface area contributed by atoms with Crippen LogP contribution in [0.2, 0.25) is 0 Å². The summed E-state index contributed by atoms with van der Waals surface area (Å²) in [7, 11) is 2.27. The van der Waals surface area contributed by atoms with Gasteiger partial charge in [-0.1, -0.05) is 35.5 Å². The van der Waals surface area contributed by atoms with E-state index in [9.17, 15) is 0 Å². The zero-order valence-electron chi connectivity index (χ0n) is 11.8. The number of rotatable bonds is 2. The lowest BCUT2D eigenvalue weighted by molar-refractivity contribution is 0.130. The van der Waals surface area contributed by atoms with Crippen LogP contribution in [0.4, 0.5) is 0 Å². The van der Waals surface area contributed by atoms with Crippen molar-refractivity contribution in [3.05, 3.63) is 36.5 Å². The maximum absolute atomic E-state index is 4.39. The van der Waals surface area contributed by atoms with Gasteiger partial charge in [-0.25, -0.2) is 4.68 Å². The molecule has 3 atom stereocenters. The van der Waals surface area contributed by atoms with E-state index in [0.29, 0.717) is 6.04 Å². The summed E-state index contributed by atoms with van der Waals surface area (Å²) >= 11 is 0. The standard InChI is InChI=1S/C16H20N4/c1-19-13-7-8-14(19)10-15(9-13)20-11-16(17-18-20)12-5-3-2-4-6-12/h2-6,11,13-15H,7-10H2,1H3/t13-,14+,15?. The van der Waals surface area contributed by atoms with Crippen LogP contribution in [0.15, 0.2) is 36.5 Å². The lowest BCUT2D eigenvalue weighted by Crippen LogP contribution is -2.40. The third-order valence-electron chi connectivity index (χ3n) is 5.03. The first-order chi connectivity index (χ1) is 9.81. The number of aromatic nitrogens is 3. The Labute approximate surface area is 119 Å². The minimum Gasteiger partial charge on any atom is -0.300 e. The summed E-state index contributed by atoms with van der Waals surface area (Å²) in [5.74, 6) is 0. The van der Waals surface area contributed by atoms with Crippen LogP contribution in [-0.2, 0) is 0 Å². The van der Waals surface area contributed by atoms with Crippen molar-refractivity contribution in [3.8, 4) is 11.3 Å². The minimum absolute atomic E-state index is 0.522. The van der Waals surface area contributed by atoms with Gasteiger partial charge < -0.3 is 4.90 Å². The Kier molecular flexibility index (Phi) is 2.84. The fourth-order valence-electron chi connectivity index (χ4n) is 3.80. The van der Waals surface area contributed by atoms with Crippen molar-refractivity contribution in [1.29, 1.82) is 0 Å². The Balaban J connectivity index is 1.57. The van der Waals surface area contributed by atoms with Gasteiger partial charge in [-0.2, -0.15) is 0 Å². The lowest BCUT2D eigenvalue weighted by Gasteiger charge is -2.36. The fraction of sp³-hybridized carbons (Fsp3) is 0.500. The van der Waals surface area contributed by atoms with Gasteiger partial charge in [0.15, 0.2) is 0 Å². The molecule has 4 nitrogen and oxygen atoms in total. The third-order valence-corrected chi connectivity index (χ3v) is 5.03. The van der Waals surface area contributed by atoms with Crippen molar-refractivity contribution in [3.63, 3.8) is 0 Å². The van der Waals surface area contributed by atoms with Crippen molar-refractivity contribution in [2.24, 2.45) is 0 Å². The first-order valence-electron chi connectivity index (χ1n) is 7.50. The van der Waals surface area contributed by atoms with E-state index >= 15 is 0 Å². The average Bonchev–Trinajstić information content (AvgIpc) is 3.03. The molecule has 3 heterocycles. The highest BCUT2D eigenvalue weighted by Gasteiger charge is 2.39. The summed E-state index contributed by atoms with van der Waals surface area (Å²) < 4.78 is 2.10. The molecule has 0 saturated carbocycles. The van der Waals surface area contributed by atoms with Crippen LogP contribution in [0.1, 0.15) is 31.7 Å². The van der Waals surface area contributed by atoms with Gasteiger partial charge in [-0.3, -0.25) is 0 Å². The highest BCUT2D eigenvalue weighted by atomic mass is 15.4. The van der Waals surface area contributed by atoms with Crippen molar-refractivity contribution in [2.45, 2.75) is 43.8 Å². The topological polar surface area (TPSA) is 34.0 Å². The molecule has 104 valence electrons. The molecule has 1 aromatic carbocycles. The van der Waals surface area contributed by atoms with E-state index in [1.165, 1.54) is 25.7 Å². The summed E-state index contributed by atoms with van der Waals surface area (Å²) in [6, 6.07) is 12.3. The van der Waals surface area contributed by atoms with E-state index in [-0.39, 0.29) is 0 Å². The highest BCUT2D eigenvalue weighted by Crippen LogP contribution is 2.39. The molecule has 2 aliphatic rings. The molecule has 2 saturated heterocycles. The normalized spacial score (nSPS) is 29.8. The number of fused-ring (bicyclic) bond motifs is 2. The Hall–Kier alpha value is -1.68. The Morgan fingerprint density at radius 2 is 1.70 bits per heavy atom. The van der Waals surface area contributed by atoms with Crippen molar-refractivity contribution >= 4 is 0 Å². The molecule has 2 aliphatic heterocycles. The molecular formula is C16H20N4. The quantitative estimate of drug-likeness (QED) is 0.840. The predicted molar refractivity (Wildman–Crippen MR) is 78.3 cm³/mol. The molecule has 4 heteroatoms. The molecule has 1 unspecified atom stereocenters. The maximum Gasteiger partial charge on any atom is 0.113 e. The summed E-state index contributed by atoms with van der Waals surface area (Å²) in [4.78, 5) is 2.56. The van der Waals surface area contributed by atoms with Gasteiger partial charge in [-0.05, 0) is 32.7 Å². The lowest BCUT2D eigenvalue weighted by atomic mass is 9.98. The molecule has 0 N–H and O–H groups in total. The van der Waals surface area contributed by atoms with E-state index in [4.69, 9.17) is 0 Å². The number of benzene rings is 1. The van der Waals surface area contributed by atoms with Crippen LogP contribution < -0.4 is 0 Å². The molecule has 20 heavy (non-hydrogen) atoms. The first-order valence-corrected chi connectivity index (χ1v) is 7.50. The second kappa shape index (κ2) is 4.70. The zero-order chi connectivity index (χ0) is 13.5. The Morgan fingerprint density at radius 1 is 1.00 bits per heavy atom. The smallest absolute Gasteiger partial charge is 0.113 e. The van der Waals surface area contributed by atoms with Gasteiger partial charge >= 0.3 is 0 Å². The summed E-state index contributed by atoms with van der Waals surface area (Å²) in [5.41, 5.74) is 2.13. The number of nitrogens with zero attached hydrogens (tertiary/aromatic N) is 4. The van der Waals surface area contributed by atoms with Crippen LogP contribution >= 0.6 is 0 Å². The number of piperidine rings is 1. The number of hydrogen-bond donors (Lipinski definition) is 0. The average molecular weight is 268 g/mol. The van der Waals surface area contributed by atoms with Crippen molar-refractivity contribution in [1.82, 2.24) is 19.9 Å². The Bertz CT molecular complexity index is 578. The third kappa shape index (κ3) is 1.95. The number of hydrogen-bond acceptors (Lipinski definition) is 3. The molecule has 0 aliphatic carbocycles. The van der Waals surface area contributed by atoms with Gasteiger partial charge in [0.2, 0.25) is 0 Å². The van der Waals surface area contributed by atoms with E-state index in [0.717, 1.165) is 23.3 Å². The fourth-order valence-corrected chi connectivity index (χ4v) is 3.80. The minimum atomic E-state index is 0.522. The molecule has 2 bridgehead atoms. The molecule has 2 fully saturated rings. The SMILES string of the molecule is CN1[C@@H]2CC[C@H]1CC(n1cc(-c3ccccc3)nn1)C2. The van der Waals surface area contributed by atoms with Crippen molar-refractivity contribution < 1.29 is 0 Å². The Morgan fingerprint density at radius 3 is 2.40 bits per heavy atom. The van der Waals surface area contributed by atoms with Gasteiger partial charge in [-0.15, -0.1) is 5.10 Å². The second-order valence-corrected chi connectivity index (χ2v) is 6.13. The largest absolute Gasteiger partial charge is 0.300 e. The molecule has 4 rings (SSSR count). The van der Waals surface area contributed by atoms with Crippen molar-refractivity contribution in [2.75, 3.05) is 7.05 Å². The molecule has 2 aromatic rings. The van der Waals surface area contributed by atoms with Crippen LogP contribution in [0.25, 0.3) is 11.3 Å². The van der Waals surface area contributed by atoms with Gasteiger partial charge in [0, 0.05) is 17.6 Å². The maximum atomic E-state index is 4.39. The van der Waals surface area contributed by atoms with Gasteiger partial charge in [0.1, 0.15) is 5.69 Å². The summed E-state index contributed by atoms with van der Waals surface area (Å²) in [6.07, 6.45) is 7.23. The summed E-state index contributed by atoms with van der Waals surface area (Å²) in [5, 5.41) is 8.74. The van der Waals surface area contributed by atoms with Crippen LogP contribution in [0.3, 0.4) is 0 Å². The van der Waals surface area contributed by atoms with E-state index in [2.05, 4.69) is 45.3 Å². The molecule has 0 spiro atoms. The van der Waals surface area contributed by atoms with Crippen LogP contribution in [0.5, 0.6) is 0 Å². The second-order valence-electron chi connectivity index (χ2n) is 6.13. The first kappa shape index (κ1) is 12.1.